The molecule has 0 aromatic heterocycles. The molecule has 23 heavy (non-hydrogen) atoms. The first-order valence-electron chi connectivity index (χ1n) is 8.77. The fraction of sp³-hybridized carbons (Fsp3) is 0.632. The minimum absolute atomic E-state index is 0.131. The molecule has 0 spiro atoms. The van der Waals surface area contributed by atoms with Crippen molar-refractivity contribution in [3.05, 3.63) is 29.8 Å². The molecule has 0 N–H and O–H groups in total. The topological polar surface area (TPSA) is 29.5 Å². The first-order valence-corrected chi connectivity index (χ1v) is 8.77. The summed E-state index contributed by atoms with van der Waals surface area (Å²) in [6.45, 7) is 12.8. The van der Waals surface area contributed by atoms with Crippen LogP contribution >= 0.6 is 0 Å². The summed E-state index contributed by atoms with van der Waals surface area (Å²) < 4.78 is 5.32. The number of nitrogens with zero attached hydrogens (tertiary/aromatic N) is 1. The number of morpholine rings is 1. The number of rotatable bonds is 2. The van der Waals surface area contributed by atoms with Gasteiger partial charge in [0.15, 0.2) is 6.71 Å². The fourth-order valence-corrected chi connectivity index (χ4v) is 3.94. The maximum atomic E-state index is 12.5. The van der Waals surface area contributed by atoms with Crippen LogP contribution in [0.2, 0.25) is 12.6 Å². The smallest absolute Gasteiger partial charge is 0.254 e. The van der Waals surface area contributed by atoms with Crippen LogP contribution in [0.1, 0.15) is 38.1 Å². The summed E-state index contributed by atoms with van der Waals surface area (Å²) >= 11 is 0. The van der Waals surface area contributed by atoms with Crippen LogP contribution in [0.3, 0.4) is 0 Å². The van der Waals surface area contributed by atoms with Crippen LogP contribution in [0.5, 0.6) is 0 Å². The summed E-state index contributed by atoms with van der Waals surface area (Å²) in [6.07, 6.45) is 2.44. The Balaban J connectivity index is 1.71. The highest BCUT2D eigenvalue weighted by Gasteiger charge is 2.47. The molecule has 1 amide bonds. The lowest BCUT2D eigenvalue weighted by atomic mass is 9.42. The molecule has 2 aliphatic rings. The molecule has 2 saturated heterocycles. The van der Waals surface area contributed by atoms with E-state index in [0.29, 0.717) is 43.8 Å². The molecular formula is C19H28BNO2. The summed E-state index contributed by atoms with van der Waals surface area (Å²) in [7, 11) is 0. The lowest BCUT2D eigenvalue weighted by Crippen LogP contribution is -2.40. The summed E-state index contributed by atoms with van der Waals surface area (Å²) in [4.78, 5) is 14.4. The molecule has 1 aromatic rings. The monoisotopic (exact) mass is 313 g/mol. The van der Waals surface area contributed by atoms with E-state index in [1.54, 1.807) is 0 Å². The van der Waals surface area contributed by atoms with E-state index in [-0.39, 0.29) is 5.91 Å². The van der Waals surface area contributed by atoms with Gasteiger partial charge in [0.05, 0.1) is 13.2 Å². The highest BCUT2D eigenvalue weighted by atomic mass is 16.5. The third-order valence-electron chi connectivity index (χ3n) is 6.27. The average Bonchev–Trinajstić information content (AvgIpc) is 2.76. The van der Waals surface area contributed by atoms with Crippen molar-refractivity contribution in [2.24, 2.45) is 10.8 Å². The van der Waals surface area contributed by atoms with E-state index in [1.807, 2.05) is 17.0 Å². The Morgan fingerprint density at radius 3 is 2.04 bits per heavy atom. The van der Waals surface area contributed by atoms with Crippen LogP contribution < -0.4 is 5.46 Å². The van der Waals surface area contributed by atoms with Crippen molar-refractivity contribution in [2.45, 2.75) is 40.3 Å². The van der Waals surface area contributed by atoms with Gasteiger partial charge in [-0.3, -0.25) is 4.79 Å². The maximum Gasteiger partial charge on any atom is 0.254 e. The van der Waals surface area contributed by atoms with Gasteiger partial charge in [0.1, 0.15) is 0 Å². The van der Waals surface area contributed by atoms with Crippen molar-refractivity contribution in [1.29, 1.82) is 0 Å². The third-order valence-corrected chi connectivity index (χ3v) is 6.27. The van der Waals surface area contributed by atoms with Crippen LogP contribution in [-0.4, -0.2) is 43.8 Å². The average molecular weight is 313 g/mol. The van der Waals surface area contributed by atoms with Crippen LogP contribution in [0.4, 0.5) is 0 Å². The Kier molecular flexibility index (Phi) is 4.30. The lowest BCUT2D eigenvalue weighted by molar-refractivity contribution is 0.0303. The van der Waals surface area contributed by atoms with E-state index >= 15 is 0 Å². The molecule has 4 heteroatoms. The molecular weight excluding hydrogens is 285 g/mol. The van der Waals surface area contributed by atoms with Crippen LogP contribution in [0.15, 0.2) is 24.3 Å². The molecule has 0 aliphatic carbocycles. The summed E-state index contributed by atoms with van der Waals surface area (Å²) in [5, 5.41) is 0. The van der Waals surface area contributed by atoms with Crippen molar-refractivity contribution in [2.75, 3.05) is 26.3 Å². The van der Waals surface area contributed by atoms with Crippen LogP contribution in [0.25, 0.3) is 0 Å². The molecule has 1 aromatic carbocycles. The summed E-state index contributed by atoms with van der Waals surface area (Å²) in [5.74, 6) is 0.131. The second-order valence-corrected chi connectivity index (χ2v) is 8.40. The summed E-state index contributed by atoms with van der Waals surface area (Å²) in [6, 6.07) is 8.34. The van der Waals surface area contributed by atoms with Gasteiger partial charge < -0.3 is 9.64 Å². The van der Waals surface area contributed by atoms with Gasteiger partial charge in [-0.2, -0.15) is 0 Å². The van der Waals surface area contributed by atoms with Crippen molar-refractivity contribution >= 4 is 18.1 Å². The van der Waals surface area contributed by atoms with Crippen LogP contribution in [0, 0.1) is 10.8 Å². The van der Waals surface area contributed by atoms with Gasteiger partial charge in [-0.05, 0) is 23.0 Å². The highest BCUT2D eigenvalue weighted by Crippen LogP contribution is 2.52. The fourth-order valence-electron chi connectivity index (χ4n) is 3.94. The number of carbonyl (C=O) groups excluding carboxylic acids is 1. The van der Waals surface area contributed by atoms with Gasteiger partial charge in [-0.15, -0.1) is 0 Å². The quantitative estimate of drug-likeness (QED) is 0.786. The zero-order valence-corrected chi connectivity index (χ0v) is 14.9. The predicted molar refractivity (Wildman–Crippen MR) is 95.7 cm³/mol. The predicted octanol–water partition coefficient (Wildman–Crippen LogP) is 2.93. The standard InChI is InChI=1S/C19H28BNO2/c1-18(2)13-20(14-19(18,3)4)16-7-5-15(6-8-16)17(22)21-9-11-23-12-10-21/h5-8H,9-14H2,1-4H3. The minimum atomic E-state index is 0.131. The van der Waals surface area contributed by atoms with E-state index in [2.05, 4.69) is 39.8 Å². The van der Waals surface area contributed by atoms with E-state index in [4.69, 9.17) is 4.74 Å². The molecule has 0 bridgehead atoms. The zero-order chi connectivity index (χ0) is 16.7. The van der Waals surface area contributed by atoms with Gasteiger partial charge in [-0.1, -0.05) is 57.9 Å². The molecule has 3 rings (SSSR count). The van der Waals surface area contributed by atoms with Crippen molar-refractivity contribution < 1.29 is 9.53 Å². The van der Waals surface area contributed by atoms with Gasteiger partial charge in [0.25, 0.3) is 5.91 Å². The van der Waals surface area contributed by atoms with Crippen molar-refractivity contribution in [3.8, 4) is 0 Å². The number of hydrogen-bond acceptors (Lipinski definition) is 2. The number of ether oxygens (including phenoxy) is 1. The van der Waals surface area contributed by atoms with Gasteiger partial charge in [-0.25, -0.2) is 0 Å². The second kappa shape index (κ2) is 5.97. The number of carbonyl (C=O) groups is 1. The van der Waals surface area contributed by atoms with E-state index in [1.165, 1.54) is 18.1 Å². The Hall–Kier alpha value is -1.29. The SMILES string of the molecule is CC1(C)CB(c2ccc(C(=O)N3CCOCC3)cc2)CC1(C)C. The highest BCUT2D eigenvalue weighted by molar-refractivity contribution is 6.74. The number of hydrogen-bond donors (Lipinski definition) is 0. The van der Waals surface area contributed by atoms with Gasteiger partial charge >= 0.3 is 0 Å². The number of amides is 1. The molecule has 0 saturated carbocycles. The van der Waals surface area contributed by atoms with Crippen molar-refractivity contribution in [1.82, 2.24) is 4.90 Å². The molecule has 0 atom stereocenters. The Labute approximate surface area is 140 Å². The van der Waals surface area contributed by atoms with Crippen molar-refractivity contribution in [3.63, 3.8) is 0 Å². The molecule has 2 heterocycles. The molecule has 0 unspecified atom stereocenters. The number of benzene rings is 1. The Bertz CT molecular complexity index is 558. The van der Waals surface area contributed by atoms with E-state index in [9.17, 15) is 4.79 Å². The maximum absolute atomic E-state index is 12.5. The zero-order valence-electron chi connectivity index (χ0n) is 14.9. The normalized spacial score (nSPS) is 23.1. The molecule has 2 fully saturated rings. The lowest BCUT2D eigenvalue weighted by Gasteiger charge is -2.35. The molecule has 3 nitrogen and oxygen atoms in total. The molecule has 2 aliphatic heterocycles. The first-order chi connectivity index (χ1) is 10.8. The van der Waals surface area contributed by atoms with Gasteiger partial charge in [0, 0.05) is 18.7 Å². The molecule has 0 radical (unpaired) electrons. The van der Waals surface area contributed by atoms with Gasteiger partial charge in [0.2, 0.25) is 0 Å². The van der Waals surface area contributed by atoms with E-state index in [0.717, 1.165) is 5.56 Å². The molecule has 124 valence electrons. The summed E-state index contributed by atoms with van der Waals surface area (Å²) in [5.41, 5.74) is 2.90. The third kappa shape index (κ3) is 3.19. The first kappa shape index (κ1) is 16.6. The van der Waals surface area contributed by atoms with Crippen LogP contribution in [-0.2, 0) is 4.74 Å². The Morgan fingerprint density at radius 2 is 1.52 bits per heavy atom. The minimum Gasteiger partial charge on any atom is -0.378 e. The van der Waals surface area contributed by atoms with E-state index < -0.39 is 0 Å². The largest absolute Gasteiger partial charge is 0.378 e. The second-order valence-electron chi connectivity index (χ2n) is 8.40. The Morgan fingerprint density at radius 1 is 1.00 bits per heavy atom.